The number of carbonyl (C=O) groups excluding carboxylic acids is 1. The van der Waals surface area contributed by atoms with Crippen molar-refractivity contribution in [2.24, 2.45) is 5.92 Å². The fourth-order valence-electron chi connectivity index (χ4n) is 3.58. The summed E-state index contributed by atoms with van der Waals surface area (Å²) in [6.07, 6.45) is 4.27. The summed E-state index contributed by atoms with van der Waals surface area (Å²) >= 11 is 8.03. The van der Waals surface area contributed by atoms with Crippen LogP contribution in [0, 0.1) is 5.92 Å². The van der Waals surface area contributed by atoms with E-state index in [-0.39, 0.29) is 12.1 Å². The summed E-state index contributed by atoms with van der Waals surface area (Å²) in [4.78, 5) is 14.1. The molecule has 0 bridgehead atoms. The van der Waals surface area contributed by atoms with Crippen molar-refractivity contribution in [3.63, 3.8) is 0 Å². The molecule has 120 valence electrons. The number of anilines is 1. The number of rotatable bonds is 2. The Labute approximate surface area is 145 Å². The summed E-state index contributed by atoms with van der Waals surface area (Å²) in [6, 6.07) is 7.64. The number of nitrogens with one attached hydrogen (secondary N) is 2. The van der Waals surface area contributed by atoms with Crippen LogP contribution in [0.25, 0.3) is 0 Å². The van der Waals surface area contributed by atoms with Gasteiger partial charge in [0.25, 0.3) is 5.91 Å². The van der Waals surface area contributed by atoms with Gasteiger partial charge in [-0.3, -0.25) is 4.79 Å². The Balaban J connectivity index is 1.69. The van der Waals surface area contributed by atoms with Crippen LogP contribution in [0.4, 0.5) is 5.00 Å². The lowest BCUT2D eigenvalue weighted by molar-refractivity contribution is 0.0935. The minimum absolute atomic E-state index is 0.0242. The third-order valence-electron chi connectivity index (χ3n) is 4.94. The highest BCUT2D eigenvalue weighted by Crippen LogP contribution is 2.43. The van der Waals surface area contributed by atoms with Crippen molar-refractivity contribution in [3.8, 4) is 0 Å². The smallest absolute Gasteiger partial charge is 0.256 e. The van der Waals surface area contributed by atoms with Crippen LogP contribution in [0.2, 0.25) is 5.02 Å². The molecule has 0 radical (unpaired) electrons. The van der Waals surface area contributed by atoms with E-state index in [1.165, 1.54) is 23.3 Å². The maximum absolute atomic E-state index is 12.7. The van der Waals surface area contributed by atoms with Gasteiger partial charge >= 0.3 is 0 Å². The molecule has 1 amide bonds. The Kier molecular flexibility index (Phi) is 3.82. The van der Waals surface area contributed by atoms with Crippen LogP contribution in [0.3, 0.4) is 0 Å². The molecule has 0 unspecified atom stereocenters. The number of amides is 1. The number of hydrogen-bond acceptors (Lipinski definition) is 3. The van der Waals surface area contributed by atoms with Crippen molar-refractivity contribution < 1.29 is 4.79 Å². The summed E-state index contributed by atoms with van der Waals surface area (Å²) in [5.41, 5.74) is 3.03. The molecule has 5 heteroatoms. The number of fused-ring (bicyclic) bond motifs is 3. The quantitative estimate of drug-likeness (QED) is 0.822. The van der Waals surface area contributed by atoms with Crippen LogP contribution in [-0.2, 0) is 12.8 Å². The first-order chi connectivity index (χ1) is 11.2. The van der Waals surface area contributed by atoms with Crippen molar-refractivity contribution >= 4 is 33.8 Å². The second-order valence-corrected chi connectivity index (χ2v) is 7.81. The predicted octanol–water partition coefficient (Wildman–Crippen LogP) is 4.77. The Morgan fingerprint density at radius 2 is 2.13 bits per heavy atom. The fraction of sp³-hybridized carbons (Fsp3) is 0.389. The molecule has 1 aromatic heterocycles. The molecule has 2 heterocycles. The highest BCUT2D eigenvalue weighted by Gasteiger charge is 2.33. The molecule has 1 aromatic carbocycles. The minimum Gasteiger partial charge on any atom is -0.353 e. The Morgan fingerprint density at radius 1 is 1.30 bits per heavy atom. The van der Waals surface area contributed by atoms with Gasteiger partial charge in [-0.1, -0.05) is 43.1 Å². The normalized spacial score (nSPS) is 22.8. The van der Waals surface area contributed by atoms with Crippen molar-refractivity contribution in [2.45, 2.75) is 38.8 Å². The molecular formula is C18H19ClN2OS. The van der Waals surface area contributed by atoms with Gasteiger partial charge < -0.3 is 10.6 Å². The second kappa shape index (κ2) is 5.84. The molecule has 2 atom stereocenters. The zero-order valence-corrected chi connectivity index (χ0v) is 14.6. The summed E-state index contributed by atoms with van der Waals surface area (Å²) in [5.74, 6) is 0.779. The van der Waals surface area contributed by atoms with Crippen molar-refractivity contribution in [3.05, 3.63) is 50.9 Å². The first kappa shape index (κ1) is 15.0. The van der Waals surface area contributed by atoms with Gasteiger partial charge in [0.1, 0.15) is 11.2 Å². The lowest BCUT2D eigenvalue weighted by atomic mass is 9.85. The highest BCUT2D eigenvalue weighted by atomic mass is 35.5. The average Bonchev–Trinajstić information content (AvgIpc) is 2.92. The van der Waals surface area contributed by atoms with Crippen LogP contribution in [0.15, 0.2) is 24.3 Å². The van der Waals surface area contributed by atoms with Crippen LogP contribution in [0.5, 0.6) is 0 Å². The van der Waals surface area contributed by atoms with E-state index in [4.69, 9.17) is 11.6 Å². The molecule has 4 rings (SSSR count). The van der Waals surface area contributed by atoms with Crippen LogP contribution >= 0.6 is 22.9 Å². The summed E-state index contributed by atoms with van der Waals surface area (Å²) in [7, 11) is 0. The van der Waals surface area contributed by atoms with Crippen LogP contribution in [-0.4, -0.2) is 5.91 Å². The van der Waals surface area contributed by atoms with E-state index in [0.717, 1.165) is 34.9 Å². The highest BCUT2D eigenvalue weighted by molar-refractivity contribution is 7.16. The lowest BCUT2D eigenvalue weighted by Gasteiger charge is -2.27. The van der Waals surface area contributed by atoms with E-state index >= 15 is 0 Å². The van der Waals surface area contributed by atoms with Gasteiger partial charge in [-0.2, -0.15) is 0 Å². The van der Waals surface area contributed by atoms with E-state index in [0.29, 0.717) is 5.02 Å². The third-order valence-corrected chi connectivity index (χ3v) is 6.47. The zero-order valence-electron chi connectivity index (χ0n) is 13.0. The minimum atomic E-state index is -0.259. The summed E-state index contributed by atoms with van der Waals surface area (Å²) in [5, 5.41) is 8.21. The molecule has 2 aliphatic rings. The van der Waals surface area contributed by atoms with Gasteiger partial charge in [0.15, 0.2) is 0 Å². The first-order valence-corrected chi connectivity index (χ1v) is 9.33. The first-order valence-electron chi connectivity index (χ1n) is 8.13. The van der Waals surface area contributed by atoms with Crippen molar-refractivity contribution in [2.75, 3.05) is 5.32 Å². The van der Waals surface area contributed by atoms with E-state index < -0.39 is 0 Å². The lowest BCUT2D eigenvalue weighted by Crippen LogP contribution is -2.38. The number of hydrogen-bond donors (Lipinski definition) is 2. The van der Waals surface area contributed by atoms with Gasteiger partial charge in [0.2, 0.25) is 0 Å². The van der Waals surface area contributed by atoms with Gasteiger partial charge in [-0.25, -0.2) is 0 Å². The van der Waals surface area contributed by atoms with E-state index in [2.05, 4.69) is 17.6 Å². The summed E-state index contributed by atoms with van der Waals surface area (Å²) in [6.45, 7) is 2.25. The molecular weight excluding hydrogens is 328 g/mol. The Morgan fingerprint density at radius 3 is 2.91 bits per heavy atom. The molecule has 1 aliphatic carbocycles. The molecule has 23 heavy (non-hydrogen) atoms. The van der Waals surface area contributed by atoms with E-state index in [9.17, 15) is 4.79 Å². The Bertz CT molecular complexity index is 770. The van der Waals surface area contributed by atoms with Gasteiger partial charge in [0.05, 0.1) is 5.56 Å². The molecule has 1 aliphatic heterocycles. The van der Waals surface area contributed by atoms with Crippen molar-refractivity contribution in [1.82, 2.24) is 5.32 Å². The molecule has 2 N–H and O–H groups in total. The van der Waals surface area contributed by atoms with Crippen LogP contribution < -0.4 is 10.6 Å². The predicted molar refractivity (Wildman–Crippen MR) is 95.4 cm³/mol. The van der Waals surface area contributed by atoms with Crippen LogP contribution in [0.1, 0.15) is 52.3 Å². The van der Waals surface area contributed by atoms with Crippen molar-refractivity contribution in [1.29, 1.82) is 0 Å². The number of halogens is 1. The number of thiophene rings is 1. The molecule has 2 aromatic rings. The summed E-state index contributed by atoms with van der Waals surface area (Å²) < 4.78 is 0. The maximum Gasteiger partial charge on any atom is 0.256 e. The standard InChI is InChI=1S/C18H19ClN2OS/c1-2-10-7-8-12-14(9-10)23-18-15(12)17(22)20-16(21-18)11-5-3-4-6-13(11)19/h3-6,10,16,21H,2,7-9H2,1H3,(H,20,22)/t10-,16+/m0/s1. The maximum atomic E-state index is 12.7. The monoisotopic (exact) mass is 346 g/mol. The van der Waals surface area contributed by atoms with E-state index in [1.54, 1.807) is 11.3 Å². The van der Waals surface area contributed by atoms with E-state index in [1.807, 2.05) is 24.3 Å². The third kappa shape index (κ3) is 2.54. The topological polar surface area (TPSA) is 41.1 Å². The zero-order chi connectivity index (χ0) is 16.0. The SMILES string of the molecule is CC[C@H]1CCc2c(sc3c2C(=O)N[C@@H](c2ccccc2Cl)N3)C1. The molecule has 0 saturated heterocycles. The number of benzene rings is 1. The van der Waals surface area contributed by atoms with Gasteiger partial charge in [-0.05, 0) is 36.8 Å². The largest absolute Gasteiger partial charge is 0.353 e. The fourth-order valence-corrected chi connectivity index (χ4v) is 5.21. The Hall–Kier alpha value is -1.52. The average molecular weight is 347 g/mol. The molecule has 0 fully saturated rings. The molecule has 3 nitrogen and oxygen atoms in total. The second-order valence-electron chi connectivity index (χ2n) is 6.30. The number of carbonyl (C=O) groups is 1. The molecule has 0 spiro atoms. The van der Waals surface area contributed by atoms with Gasteiger partial charge in [-0.15, -0.1) is 11.3 Å². The molecule has 0 saturated carbocycles. The van der Waals surface area contributed by atoms with Gasteiger partial charge in [0, 0.05) is 15.5 Å².